The molecular formula is C15H18Br2O2. The molecule has 4 heteroatoms. The highest BCUT2D eigenvalue weighted by atomic mass is 79.9. The largest absolute Gasteiger partial charge is 0.462 e. The van der Waals surface area contributed by atoms with Crippen molar-refractivity contribution in [2.75, 3.05) is 11.9 Å². The number of esters is 1. The zero-order valence-electron chi connectivity index (χ0n) is 11.1. The minimum atomic E-state index is -0.224. The van der Waals surface area contributed by atoms with E-state index >= 15 is 0 Å². The van der Waals surface area contributed by atoms with Crippen molar-refractivity contribution < 1.29 is 9.53 Å². The van der Waals surface area contributed by atoms with Gasteiger partial charge in [0, 0.05) is 9.80 Å². The average molecular weight is 390 g/mol. The van der Waals surface area contributed by atoms with Crippen LogP contribution in [0.15, 0.2) is 10.5 Å². The topological polar surface area (TPSA) is 26.3 Å². The maximum atomic E-state index is 12.0. The summed E-state index contributed by atoms with van der Waals surface area (Å²) in [5.74, 6) is -0.224. The number of aryl methyl sites for hydroxylation is 1. The average Bonchev–Trinajstić information content (AvgIpc) is 2.42. The molecule has 19 heavy (non-hydrogen) atoms. The molecule has 2 rings (SSSR count). The van der Waals surface area contributed by atoms with E-state index < -0.39 is 0 Å². The molecule has 0 spiro atoms. The summed E-state index contributed by atoms with van der Waals surface area (Å²) in [5.41, 5.74) is 4.72. The van der Waals surface area contributed by atoms with Crippen LogP contribution < -0.4 is 0 Å². The van der Waals surface area contributed by atoms with Crippen molar-refractivity contribution in [3.05, 3.63) is 32.8 Å². The Balaban J connectivity index is 2.50. The van der Waals surface area contributed by atoms with Gasteiger partial charge in [0.25, 0.3) is 0 Å². The molecule has 0 heterocycles. The lowest BCUT2D eigenvalue weighted by molar-refractivity contribution is 0.0525. The quantitative estimate of drug-likeness (QED) is 0.562. The molecule has 1 aromatic carbocycles. The first-order chi connectivity index (χ1) is 9.19. The lowest BCUT2D eigenvalue weighted by Gasteiger charge is -2.22. The smallest absolute Gasteiger partial charge is 0.339 e. The van der Waals surface area contributed by atoms with Crippen molar-refractivity contribution in [2.24, 2.45) is 0 Å². The van der Waals surface area contributed by atoms with Gasteiger partial charge in [0.1, 0.15) is 0 Å². The molecule has 0 radical (unpaired) electrons. The number of benzene rings is 1. The van der Waals surface area contributed by atoms with Gasteiger partial charge in [-0.25, -0.2) is 4.79 Å². The van der Waals surface area contributed by atoms with Crippen molar-refractivity contribution in [3.63, 3.8) is 0 Å². The molecule has 1 aromatic rings. The number of ether oxygens (including phenoxy) is 1. The molecule has 0 saturated heterocycles. The molecule has 1 aliphatic rings. The van der Waals surface area contributed by atoms with Crippen LogP contribution in [0.25, 0.3) is 0 Å². The van der Waals surface area contributed by atoms with Crippen LogP contribution >= 0.6 is 31.9 Å². The van der Waals surface area contributed by atoms with Crippen molar-refractivity contribution in [3.8, 4) is 0 Å². The first-order valence-electron chi connectivity index (χ1n) is 6.75. The third-order valence-corrected chi connectivity index (χ3v) is 4.84. The van der Waals surface area contributed by atoms with E-state index in [0.29, 0.717) is 12.2 Å². The monoisotopic (exact) mass is 388 g/mol. The number of hydrogen-bond acceptors (Lipinski definition) is 2. The van der Waals surface area contributed by atoms with Gasteiger partial charge in [-0.3, -0.25) is 0 Å². The Morgan fingerprint density at radius 1 is 1.32 bits per heavy atom. The Morgan fingerprint density at radius 3 is 2.63 bits per heavy atom. The number of carbonyl (C=O) groups excluding carboxylic acids is 1. The van der Waals surface area contributed by atoms with Gasteiger partial charge >= 0.3 is 5.97 Å². The molecule has 0 unspecified atom stereocenters. The predicted octanol–water partition coefficient (Wildman–Crippen LogP) is 4.44. The van der Waals surface area contributed by atoms with Gasteiger partial charge < -0.3 is 4.74 Å². The fourth-order valence-electron chi connectivity index (χ4n) is 2.67. The number of fused-ring (bicyclic) bond motifs is 1. The molecule has 0 aromatic heterocycles. The Morgan fingerprint density at radius 2 is 2.00 bits per heavy atom. The molecule has 0 fully saturated rings. The first-order valence-corrected chi connectivity index (χ1v) is 8.66. The zero-order chi connectivity index (χ0) is 13.8. The van der Waals surface area contributed by atoms with Gasteiger partial charge in [0.15, 0.2) is 0 Å². The molecule has 0 saturated carbocycles. The molecule has 0 N–H and O–H groups in total. The normalized spacial score (nSPS) is 14.1. The van der Waals surface area contributed by atoms with Crippen molar-refractivity contribution >= 4 is 37.8 Å². The molecule has 1 aliphatic carbocycles. The highest BCUT2D eigenvalue weighted by Crippen LogP contribution is 2.34. The minimum absolute atomic E-state index is 0.224. The van der Waals surface area contributed by atoms with Crippen LogP contribution in [0, 0.1) is 0 Å². The number of hydrogen-bond donors (Lipinski definition) is 0. The molecule has 0 atom stereocenters. The van der Waals surface area contributed by atoms with Gasteiger partial charge in [-0.15, -0.1) is 0 Å². The van der Waals surface area contributed by atoms with Crippen LogP contribution in [0.2, 0.25) is 0 Å². The Bertz CT molecular complexity index is 484. The summed E-state index contributed by atoms with van der Waals surface area (Å²) in [6, 6.07) is 2.01. The number of alkyl halides is 1. The number of halogens is 2. The minimum Gasteiger partial charge on any atom is -0.462 e. The van der Waals surface area contributed by atoms with Crippen molar-refractivity contribution in [2.45, 2.75) is 39.0 Å². The number of carbonyl (C=O) groups is 1. The Hall–Kier alpha value is -0.350. The standard InChI is InChI=1S/C15H18Br2O2/c1-2-19-15(18)13-9-10(7-8-16)11-5-3-4-6-12(11)14(13)17/h9H,2-8H2,1H3. The fourth-order valence-corrected chi connectivity index (χ4v) is 3.81. The van der Waals surface area contributed by atoms with Gasteiger partial charge in [0.05, 0.1) is 12.2 Å². The Labute approximate surface area is 131 Å². The molecule has 2 nitrogen and oxygen atoms in total. The fraction of sp³-hybridized carbons (Fsp3) is 0.533. The van der Waals surface area contributed by atoms with E-state index in [1.165, 1.54) is 29.5 Å². The molecule has 0 aliphatic heterocycles. The third kappa shape index (κ3) is 3.22. The highest BCUT2D eigenvalue weighted by molar-refractivity contribution is 9.10. The summed E-state index contributed by atoms with van der Waals surface area (Å²) >= 11 is 7.11. The molecular weight excluding hydrogens is 372 g/mol. The van der Waals surface area contributed by atoms with Crippen LogP contribution in [-0.2, 0) is 24.0 Å². The predicted molar refractivity (Wildman–Crippen MR) is 84.2 cm³/mol. The van der Waals surface area contributed by atoms with Crippen LogP contribution in [0.4, 0.5) is 0 Å². The highest BCUT2D eigenvalue weighted by Gasteiger charge is 2.22. The van der Waals surface area contributed by atoms with E-state index in [-0.39, 0.29) is 5.97 Å². The SMILES string of the molecule is CCOC(=O)c1cc(CCBr)c2c(c1Br)CCCC2. The zero-order valence-corrected chi connectivity index (χ0v) is 14.3. The summed E-state index contributed by atoms with van der Waals surface area (Å²) in [4.78, 5) is 12.0. The summed E-state index contributed by atoms with van der Waals surface area (Å²) in [6.07, 6.45) is 5.58. The first kappa shape index (κ1) is 15.0. The van der Waals surface area contributed by atoms with Gasteiger partial charge in [-0.2, -0.15) is 0 Å². The molecule has 104 valence electrons. The summed E-state index contributed by atoms with van der Waals surface area (Å²) in [6.45, 7) is 2.25. The second-order valence-corrected chi connectivity index (χ2v) is 6.31. The van der Waals surface area contributed by atoms with Crippen molar-refractivity contribution in [1.82, 2.24) is 0 Å². The van der Waals surface area contributed by atoms with Crippen LogP contribution in [-0.4, -0.2) is 17.9 Å². The van der Waals surface area contributed by atoms with E-state index in [9.17, 15) is 4.79 Å². The van der Waals surface area contributed by atoms with Gasteiger partial charge in [-0.1, -0.05) is 15.9 Å². The number of rotatable bonds is 4. The Kier molecular flexibility index (Phi) is 5.46. The molecule has 0 amide bonds. The summed E-state index contributed by atoms with van der Waals surface area (Å²) in [5, 5.41) is 0.920. The van der Waals surface area contributed by atoms with E-state index in [0.717, 1.165) is 29.1 Å². The maximum absolute atomic E-state index is 12.0. The summed E-state index contributed by atoms with van der Waals surface area (Å²) < 4.78 is 6.10. The van der Waals surface area contributed by atoms with Crippen LogP contribution in [0.5, 0.6) is 0 Å². The third-order valence-electron chi connectivity index (χ3n) is 3.53. The second kappa shape index (κ2) is 6.89. The van der Waals surface area contributed by atoms with Gasteiger partial charge in [0.2, 0.25) is 0 Å². The maximum Gasteiger partial charge on any atom is 0.339 e. The van der Waals surface area contributed by atoms with Crippen LogP contribution in [0.1, 0.15) is 46.8 Å². The summed E-state index contributed by atoms with van der Waals surface area (Å²) in [7, 11) is 0. The van der Waals surface area contributed by atoms with E-state index in [1.54, 1.807) is 0 Å². The molecule has 0 bridgehead atoms. The lowest BCUT2D eigenvalue weighted by Crippen LogP contribution is -2.14. The van der Waals surface area contributed by atoms with Gasteiger partial charge in [-0.05, 0) is 77.7 Å². The van der Waals surface area contributed by atoms with Crippen LogP contribution in [0.3, 0.4) is 0 Å². The van der Waals surface area contributed by atoms with E-state index in [1.807, 2.05) is 13.0 Å². The lowest BCUT2D eigenvalue weighted by atomic mass is 9.86. The van der Waals surface area contributed by atoms with E-state index in [2.05, 4.69) is 31.9 Å². The van der Waals surface area contributed by atoms with Crippen molar-refractivity contribution in [1.29, 1.82) is 0 Å². The van der Waals surface area contributed by atoms with E-state index in [4.69, 9.17) is 4.74 Å². The second-order valence-electron chi connectivity index (χ2n) is 4.72.